The molecule has 6 atom stereocenters. The van der Waals surface area contributed by atoms with E-state index in [2.05, 4.69) is 59.1 Å². The number of ether oxygens (including phenoxy) is 2. The summed E-state index contributed by atoms with van der Waals surface area (Å²) in [5, 5.41) is 38.6. The van der Waals surface area contributed by atoms with Crippen LogP contribution in [0.15, 0.2) is 0 Å². The van der Waals surface area contributed by atoms with Crippen LogP contribution in [0.25, 0.3) is 0 Å². The minimum Gasteiger partial charge on any atom is -0.391 e. The summed E-state index contributed by atoms with van der Waals surface area (Å²) in [4.78, 5) is 0. The average Bonchev–Trinajstić information content (AvgIpc) is 2.86. The van der Waals surface area contributed by atoms with Gasteiger partial charge in [0.2, 0.25) is 0 Å². The Bertz CT molecular complexity index is 560. The van der Waals surface area contributed by atoms with Gasteiger partial charge < -0.3 is 30.1 Å². The number of nitrogens with one attached hydrogen (secondary N) is 2. The Morgan fingerprint density at radius 1 is 0.711 bits per heavy atom. The summed E-state index contributed by atoms with van der Waals surface area (Å²) in [6, 6.07) is 0. The van der Waals surface area contributed by atoms with E-state index >= 15 is 0 Å². The lowest BCUT2D eigenvalue weighted by Crippen LogP contribution is -2.57. The Morgan fingerprint density at radius 3 is 1.68 bits per heavy atom. The number of hydrogen-bond acceptors (Lipinski definition) is 7. The quantitative estimate of drug-likeness (QED) is 0.0996. The van der Waals surface area contributed by atoms with Crippen LogP contribution < -0.4 is 10.6 Å². The van der Waals surface area contributed by atoms with Crippen molar-refractivity contribution in [2.45, 2.75) is 150 Å². The second kappa shape index (κ2) is 20.6. The molecule has 7 heteroatoms. The highest BCUT2D eigenvalue weighted by atomic mass is 16.5. The molecular weight excluding hydrogens is 480 g/mol. The fourth-order valence-corrected chi connectivity index (χ4v) is 4.62. The van der Waals surface area contributed by atoms with Crippen LogP contribution >= 0.6 is 0 Å². The molecule has 0 aliphatic rings. The monoisotopic (exact) mass is 546 g/mol. The fourth-order valence-electron chi connectivity index (χ4n) is 4.62. The summed E-state index contributed by atoms with van der Waals surface area (Å²) in [6.07, 6.45) is 7.81. The molecule has 6 unspecified atom stereocenters. The van der Waals surface area contributed by atoms with Crippen LogP contribution in [0.1, 0.15) is 120 Å². The van der Waals surface area contributed by atoms with Crippen molar-refractivity contribution in [1.82, 2.24) is 10.6 Å². The topological polar surface area (TPSA) is 103 Å². The first-order valence-electron chi connectivity index (χ1n) is 15.5. The molecule has 0 fully saturated rings. The molecule has 0 aliphatic heterocycles. The second-order valence-corrected chi connectivity index (χ2v) is 12.7. The lowest BCUT2D eigenvalue weighted by molar-refractivity contribution is -0.0358. The van der Waals surface area contributed by atoms with E-state index in [9.17, 15) is 15.3 Å². The van der Waals surface area contributed by atoms with Gasteiger partial charge >= 0.3 is 0 Å². The molecule has 230 valence electrons. The van der Waals surface area contributed by atoms with Crippen molar-refractivity contribution in [2.75, 3.05) is 33.0 Å². The third-order valence-corrected chi connectivity index (χ3v) is 8.35. The van der Waals surface area contributed by atoms with E-state index in [0.717, 1.165) is 19.3 Å². The van der Waals surface area contributed by atoms with E-state index < -0.39 is 24.0 Å². The highest BCUT2D eigenvalue weighted by Crippen LogP contribution is 2.26. The third-order valence-electron chi connectivity index (χ3n) is 8.35. The first-order valence-corrected chi connectivity index (χ1v) is 15.5. The number of aliphatic hydroxyl groups excluding tert-OH is 3. The molecule has 0 aromatic rings. The van der Waals surface area contributed by atoms with Gasteiger partial charge in [-0.05, 0) is 64.7 Å². The molecule has 38 heavy (non-hydrogen) atoms. The summed E-state index contributed by atoms with van der Waals surface area (Å²) >= 11 is 0. The van der Waals surface area contributed by atoms with E-state index in [0.29, 0.717) is 44.6 Å². The van der Waals surface area contributed by atoms with Crippen LogP contribution in [0.3, 0.4) is 0 Å². The minimum absolute atomic E-state index is 0.127. The molecule has 0 aliphatic carbocycles. The maximum absolute atomic E-state index is 11.0. The Labute approximate surface area is 235 Å². The van der Waals surface area contributed by atoms with Crippen molar-refractivity contribution < 1.29 is 24.8 Å². The highest BCUT2D eigenvalue weighted by Gasteiger charge is 2.35. The van der Waals surface area contributed by atoms with Gasteiger partial charge in [-0.25, -0.2) is 0 Å². The van der Waals surface area contributed by atoms with E-state index in [1.54, 1.807) is 0 Å². The average molecular weight is 547 g/mol. The van der Waals surface area contributed by atoms with Gasteiger partial charge in [-0.1, -0.05) is 73.1 Å². The predicted molar refractivity (Wildman–Crippen MR) is 159 cm³/mol. The SMILES string of the molecule is CCCCC(CC)COCC(O)CNC(C)(C)C(C)CC(O)C(C)(C)NC(O)COCC(CC)CCCC. The zero-order chi connectivity index (χ0) is 29.2. The second-order valence-electron chi connectivity index (χ2n) is 12.7. The Kier molecular flexibility index (Phi) is 20.4. The van der Waals surface area contributed by atoms with E-state index in [-0.39, 0.29) is 18.1 Å². The number of aliphatic hydroxyl groups is 3. The zero-order valence-corrected chi connectivity index (χ0v) is 26.5. The molecule has 5 N–H and O–H groups in total. The predicted octanol–water partition coefficient (Wildman–Crippen LogP) is 5.26. The van der Waals surface area contributed by atoms with Crippen LogP contribution in [0.4, 0.5) is 0 Å². The third kappa shape index (κ3) is 16.7. The summed E-state index contributed by atoms with van der Waals surface area (Å²) in [5.74, 6) is 1.22. The summed E-state index contributed by atoms with van der Waals surface area (Å²) in [7, 11) is 0. The first-order chi connectivity index (χ1) is 17.8. The fraction of sp³-hybridized carbons (Fsp3) is 1.00. The van der Waals surface area contributed by atoms with Crippen molar-refractivity contribution in [3.05, 3.63) is 0 Å². The lowest BCUT2D eigenvalue weighted by atomic mass is 9.80. The van der Waals surface area contributed by atoms with Gasteiger partial charge in [0.1, 0.15) is 6.23 Å². The molecule has 7 nitrogen and oxygen atoms in total. The van der Waals surface area contributed by atoms with Crippen molar-refractivity contribution in [2.24, 2.45) is 17.8 Å². The van der Waals surface area contributed by atoms with Crippen LogP contribution in [0, 0.1) is 17.8 Å². The zero-order valence-electron chi connectivity index (χ0n) is 26.5. The van der Waals surface area contributed by atoms with E-state index in [4.69, 9.17) is 9.47 Å². The molecule has 0 aromatic heterocycles. The molecule has 0 amide bonds. The molecule has 0 radical (unpaired) electrons. The molecule has 0 bridgehead atoms. The van der Waals surface area contributed by atoms with Gasteiger partial charge in [0.25, 0.3) is 0 Å². The van der Waals surface area contributed by atoms with E-state index in [1.807, 2.05) is 13.8 Å². The maximum atomic E-state index is 11.0. The van der Waals surface area contributed by atoms with Crippen molar-refractivity contribution in [1.29, 1.82) is 0 Å². The normalized spacial score (nSPS) is 17.7. The highest BCUT2D eigenvalue weighted by molar-refractivity contribution is 4.92. The van der Waals surface area contributed by atoms with Gasteiger partial charge in [-0.3, -0.25) is 5.32 Å². The van der Waals surface area contributed by atoms with Gasteiger partial charge in [-0.2, -0.15) is 0 Å². The number of rotatable bonds is 25. The molecular formula is C31H66N2O5. The van der Waals surface area contributed by atoms with Crippen LogP contribution in [-0.4, -0.2) is 77.8 Å². The minimum atomic E-state index is -0.839. The Morgan fingerprint density at radius 2 is 1.21 bits per heavy atom. The Hall–Kier alpha value is -0.280. The molecule has 0 aromatic carbocycles. The summed E-state index contributed by atoms with van der Waals surface area (Å²) in [5.41, 5.74) is -0.971. The van der Waals surface area contributed by atoms with Gasteiger partial charge in [0.05, 0.1) is 25.4 Å². The molecule has 0 rings (SSSR count). The van der Waals surface area contributed by atoms with Crippen LogP contribution in [0.2, 0.25) is 0 Å². The largest absolute Gasteiger partial charge is 0.391 e. The van der Waals surface area contributed by atoms with Crippen molar-refractivity contribution in [3.63, 3.8) is 0 Å². The maximum Gasteiger partial charge on any atom is 0.129 e. The van der Waals surface area contributed by atoms with Crippen molar-refractivity contribution in [3.8, 4) is 0 Å². The van der Waals surface area contributed by atoms with Gasteiger partial charge in [0, 0.05) is 30.8 Å². The Balaban J connectivity index is 4.50. The molecule has 0 saturated carbocycles. The van der Waals surface area contributed by atoms with Gasteiger partial charge in [-0.15, -0.1) is 0 Å². The molecule has 0 spiro atoms. The first kappa shape index (κ1) is 37.7. The summed E-state index contributed by atoms with van der Waals surface area (Å²) < 4.78 is 11.6. The lowest BCUT2D eigenvalue weighted by Gasteiger charge is -2.40. The van der Waals surface area contributed by atoms with Crippen LogP contribution in [0.5, 0.6) is 0 Å². The standard InChI is InChI=1S/C31H66N2O5/c1-10-14-16-25(12-3)20-37-22-27(34)19-32-30(6,7)24(5)18-28(35)31(8,9)33-29(36)23-38-21-26(13-4)17-15-11-2/h24-29,32-36H,10-23H2,1-9H3. The summed E-state index contributed by atoms with van der Waals surface area (Å²) in [6.45, 7) is 21.3. The van der Waals surface area contributed by atoms with E-state index in [1.165, 1.54) is 32.1 Å². The number of hydrogen-bond donors (Lipinski definition) is 5. The van der Waals surface area contributed by atoms with Crippen LogP contribution in [-0.2, 0) is 9.47 Å². The molecule has 0 heterocycles. The number of β-amino-alcohol motifs (C(OH)–C–C–N with tert-alkyl or cyclic N) is 1. The smallest absolute Gasteiger partial charge is 0.129 e. The molecule has 0 saturated heterocycles. The van der Waals surface area contributed by atoms with Crippen molar-refractivity contribution >= 4 is 0 Å². The van der Waals surface area contributed by atoms with Gasteiger partial charge in [0.15, 0.2) is 0 Å². The number of unbranched alkanes of at least 4 members (excludes halogenated alkanes) is 2.